The number of alkyl halides is 3. The summed E-state index contributed by atoms with van der Waals surface area (Å²) in [5.41, 5.74) is 1.05. The predicted molar refractivity (Wildman–Crippen MR) is 105 cm³/mol. The van der Waals surface area contributed by atoms with E-state index in [1.54, 1.807) is 17.0 Å². The highest BCUT2D eigenvalue weighted by molar-refractivity contribution is 5.98. The van der Waals surface area contributed by atoms with Gasteiger partial charge in [0.05, 0.1) is 42.4 Å². The number of ether oxygens (including phenoxy) is 1. The van der Waals surface area contributed by atoms with Gasteiger partial charge < -0.3 is 15.0 Å². The van der Waals surface area contributed by atoms with E-state index in [-0.39, 0.29) is 18.3 Å². The number of aryl methyl sites for hydroxylation is 1. The molecule has 4 rings (SSSR count). The quantitative estimate of drug-likeness (QED) is 0.668. The zero-order valence-corrected chi connectivity index (χ0v) is 16.5. The van der Waals surface area contributed by atoms with Crippen molar-refractivity contribution in [3.05, 3.63) is 65.6 Å². The molecule has 0 bridgehead atoms. The lowest BCUT2D eigenvalue weighted by atomic mass is 10.1. The second-order valence-electron chi connectivity index (χ2n) is 6.97. The number of carbonyl (C=O) groups excluding carboxylic acids is 1. The molecule has 0 aliphatic carbocycles. The Labute approximate surface area is 175 Å². The van der Waals surface area contributed by atoms with Crippen LogP contribution in [0.25, 0.3) is 5.69 Å². The topological polar surface area (TPSA) is 85.2 Å². The van der Waals surface area contributed by atoms with Crippen molar-refractivity contribution in [1.29, 1.82) is 0 Å². The standard InChI is InChI=1S/C20H19F3N6O2/c1-13-2-4-16(29-26-6-7-27-29)15(10-13)19(30)28-8-9-31-18(28)12-25-17-5-3-14(11-24-17)20(21,22)23/h2-7,10-11,18H,8-9,12H2,1H3,(H,24,25). The van der Waals surface area contributed by atoms with Gasteiger partial charge in [0.2, 0.25) is 0 Å². The van der Waals surface area contributed by atoms with Crippen LogP contribution in [0.5, 0.6) is 0 Å². The number of rotatable bonds is 5. The van der Waals surface area contributed by atoms with Gasteiger partial charge in [-0.3, -0.25) is 4.79 Å². The first-order chi connectivity index (χ1) is 14.8. The second-order valence-corrected chi connectivity index (χ2v) is 6.97. The third-order valence-electron chi connectivity index (χ3n) is 4.82. The minimum absolute atomic E-state index is 0.172. The molecule has 0 radical (unpaired) electrons. The molecule has 1 saturated heterocycles. The van der Waals surface area contributed by atoms with Crippen LogP contribution in [0.15, 0.2) is 48.9 Å². The van der Waals surface area contributed by atoms with Gasteiger partial charge in [0.25, 0.3) is 5.91 Å². The Kier molecular flexibility index (Phi) is 5.59. The summed E-state index contributed by atoms with van der Waals surface area (Å²) in [6, 6.07) is 7.60. The molecule has 11 heteroatoms. The number of benzene rings is 1. The van der Waals surface area contributed by atoms with E-state index in [0.717, 1.165) is 17.8 Å². The highest BCUT2D eigenvalue weighted by atomic mass is 19.4. The van der Waals surface area contributed by atoms with Crippen LogP contribution < -0.4 is 5.32 Å². The van der Waals surface area contributed by atoms with Crippen LogP contribution in [0.1, 0.15) is 21.5 Å². The lowest BCUT2D eigenvalue weighted by Crippen LogP contribution is -2.40. The minimum atomic E-state index is -4.45. The van der Waals surface area contributed by atoms with E-state index < -0.39 is 18.0 Å². The van der Waals surface area contributed by atoms with Crippen molar-refractivity contribution < 1.29 is 22.7 Å². The fourth-order valence-corrected chi connectivity index (χ4v) is 3.27. The maximum Gasteiger partial charge on any atom is 0.417 e. The number of nitrogens with one attached hydrogen (secondary N) is 1. The molecule has 1 N–H and O–H groups in total. The van der Waals surface area contributed by atoms with Gasteiger partial charge in [-0.15, -0.1) is 0 Å². The Morgan fingerprint density at radius 3 is 2.68 bits per heavy atom. The number of carbonyl (C=O) groups is 1. The zero-order chi connectivity index (χ0) is 22.0. The Hall–Kier alpha value is -3.47. The maximum atomic E-state index is 13.3. The predicted octanol–water partition coefficient (Wildman–Crippen LogP) is 2.90. The molecule has 31 heavy (non-hydrogen) atoms. The summed E-state index contributed by atoms with van der Waals surface area (Å²) in [7, 11) is 0. The van der Waals surface area contributed by atoms with Gasteiger partial charge in [0, 0.05) is 12.7 Å². The molecule has 1 aliphatic rings. The van der Waals surface area contributed by atoms with Crippen LogP contribution in [0.2, 0.25) is 0 Å². The molecule has 3 heterocycles. The first-order valence-corrected chi connectivity index (χ1v) is 9.50. The van der Waals surface area contributed by atoms with Gasteiger partial charge in [0.15, 0.2) is 0 Å². The number of pyridine rings is 1. The van der Waals surface area contributed by atoms with E-state index >= 15 is 0 Å². The van der Waals surface area contributed by atoms with E-state index in [0.29, 0.717) is 24.4 Å². The SMILES string of the molecule is Cc1ccc(-n2nccn2)c(C(=O)N2CCOC2CNc2ccc(C(F)(F)F)cn2)c1. The molecule has 1 atom stereocenters. The molecular weight excluding hydrogens is 413 g/mol. The van der Waals surface area contributed by atoms with Crippen molar-refractivity contribution in [3.8, 4) is 5.69 Å². The third-order valence-corrected chi connectivity index (χ3v) is 4.82. The third kappa shape index (κ3) is 4.50. The highest BCUT2D eigenvalue weighted by Gasteiger charge is 2.33. The van der Waals surface area contributed by atoms with E-state index in [2.05, 4.69) is 20.5 Å². The number of anilines is 1. The van der Waals surface area contributed by atoms with Gasteiger partial charge >= 0.3 is 6.18 Å². The number of hydrogen-bond donors (Lipinski definition) is 1. The summed E-state index contributed by atoms with van der Waals surface area (Å²) in [6.45, 7) is 2.78. The molecule has 1 unspecified atom stereocenters. The van der Waals surface area contributed by atoms with Gasteiger partial charge in [-0.2, -0.15) is 28.2 Å². The lowest BCUT2D eigenvalue weighted by molar-refractivity contribution is -0.137. The highest BCUT2D eigenvalue weighted by Crippen LogP contribution is 2.29. The van der Waals surface area contributed by atoms with Gasteiger partial charge in [-0.25, -0.2) is 4.98 Å². The molecule has 0 spiro atoms. The van der Waals surface area contributed by atoms with Gasteiger partial charge in [-0.1, -0.05) is 11.6 Å². The van der Waals surface area contributed by atoms with E-state index in [9.17, 15) is 18.0 Å². The maximum absolute atomic E-state index is 13.3. The van der Waals surface area contributed by atoms with Crippen molar-refractivity contribution >= 4 is 11.7 Å². The number of nitrogens with zero attached hydrogens (tertiary/aromatic N) is 5. The van der Waals surface area contributed by atoms with Crippen molar-refractivity contribution in [2.75, 3.05) is 25.0 Å². The number of hydrogen-bond acceptors (Lipinski definition) is 6. The molecule has 1 aromatic carbocycles. The van der Waals surface area contributed by atoms with Crippen molar-refractivity contribution in [2.24, 2.45) is 0 Å². The molecule has 8 nitrogen and oxygen atoms in total. The zero-order valence-electron chi connectivity index (χ0n) is 16.5. The van der Waals surface area contributed by atoms with Crippen LogP contribution in [0, 0.1) is 6.92 Å². The fourth-order valence-electron chi connectivity index (χ4n) is 3.27. The van der Waals surface area contributed by atoms with Gasteiger partial charge in [-0.05, 0) is 31.2 Å². The van der Waals surface area contributed by atoms with Crippen molar-refractivity contribution in [2.45, 2.75) is 19.3 Å². The average Bonchev–Trinajstić information content (AvgIpc) is 3.43. The first-order valence-electron chi connectivity index (χ1n) is 9.50. The van der Waals surface area contributed by atoms with Crippen LogP contribution >= 0.6 is 0 Å². The van der Waals surface area contributed by atoms with Crippen molar-refractivity contribution in [3.63, 3.8) is 0 Å². The molecule has 1 fully saturated rings. The molecule has 0 saturated carbocycles. The summed E-state index contributed by atoms with van der Waals surface area (Å²) in [5.74, 6) is 0.00793. The Balaban J connectivity index is 1.49. The normalized spacial score (nSPS) is 16.5. The lowest BCUT2D eigenvalue weighted by Gasteiger charge is -2.24. The van der Waals surface area contributed by atoms with Crippen LogP contribution in [-0.4, -0.2) is 56.7 Å². The molecule has 1 aliphatic heterocycles. The molecule has 162 valence electrons. The summed E-state index contributed by atoms with van der Waals surface area (Å²) in [4.78, 5) is 20.0. The first kappa shape index (κ1) is 20.8. The van der Waals surface area contributed by atoms with Crippen LogP contribution in [-0.2, 0) is 10.9 Å². The summed E-state index contributed by atoms with van der Waals surface area (Å²) >= 11 is 0. The largest absolute Gasteiger partial charge is 0.417 e. The molecule has 1 amide bonds. The smallest absolute Gasteiger partial charge is 0.366 e. The molecular formula is C20H19F3N6O2. The van der Waals surface area contributed by atoms with Crippen LogP contribution in [0.4, 0.5) is 19.0 Å². The summed E-state index contributed by atoms with van der Waals surface area (Å²) in [6.07, 6.45) is -1.24. The van der Waals surface area contributed by atoms with E-state index in [1.807, 2.05) is 13.0 Å². The molecule has 3 aromatic rings. The average molecular weight is 432 g/mol. The Bertz CT molecular complexity index is 1050. The Morgan fingerprint density at radius 1 is 1.23 bits per heavy atom. The second kappa shape index (κ2) is 8.34. The summed E-state index contributed by atoms with van der Waals surface area (Å²) < 4.78 is 43.7. The van der Waals surface area contributed by atoms with Crippen molar-refractivity contribution in [1.82, 2.24) is 24.9 Å². The minimum Gasteiger partial charge on any atom is -0.366 e. The number of amides is 1. The molecule has 2 aromatic heterocycles. The van der Waals surface area contributed by atoms with E-state index in [1.165, 1.54) is 23.3 Å². The fraction of sp³-hybridized carbons (Fsp3) is 0.300. The number of halogens is 3. The van der Waals surface area contributed by atoms with Crippen LogP contribution in [0.3, 0.4) is 0 Å². The Morgan fingerprint density at radius 2 is 2.00 bits per heavy atom. The summed E-state index contributed by atoms with van der Waals surface area (Å²) in [5, 5.41) is 11.1. The van der Waals surface area contributed by atoms with E-state index in [4.69, 9.17) is 4.74 Å². The monoisotopic (exact) mass is 432 g/mol. The van der Waals surface area contributed by atoms with Gasteiger partial charge in [0.1, 0.15) is 12.0 Å². The number of aromatic nitrogens is 4.